The molecule has 2 aromatic carbocycles. The van der Waals surface area contributed by atoms with Gasteiger partial charge in [-0.15, -0.1) is 0 Å². The van der Waals surface area contributed by atoms with Crippen LogP contribution in [0.5, 0.6) is 0 Å². The van der Waals surface area contributed by atoms with E-state index in [2.05, 4.69) is 10.0 Å². The van der Waals surface area contributed by atoms with E-state index in [0.717, 1.165) is 6.42 Å². The Morgan fingerprint density at radius 1 is 1.14 bits per heavy atom. The molecule has 0 unspecified atom stereocenters. The summed E-state index contributed by atoms with van der Waals surface area (Å²) in [6.45, 7) is 3.65. The Labute approximate surface area is 167 Å². The van der Waals surface area contributed by atoms with Gasteiger partial charge in [-0.2, -0.15) is 8.78 Å². The third kappa shape index (κ3) is 5.02. The van der Waals surface area contributed by atoms with E-state index in [1.54, 1.807) is 19.1 Å². The number of sulfonamides is 1. The molecule has 28 heavy (non-hydrogen) atoms. The molecule has 150 valence electrons. The molecule has 2 N–H and O–H groups in total. The summed E-state index contributed by atoms with van der Waals surface area (Å²) in [5.74, 6) is -2.33. The molecule has 0 heterocycles. The first kappa shape index (κ1) is 20.6. The molecule has 5 nitrogen and oxygen atoms in total. The average Bonchev–Trinajstić information content (AvgIpc) is 3.34. The predicted molar refractivity (Wildman–Crippen MR) is 106 cm³/mol. The minimum absolute atomic E-state index is 0.0240. The Bertz CT molecular complexity index is 979. The molecule has 1 aliphatic carbocycles. The van der Waals surface area contributed by atoms with Crippen molar-refractivity contribution in [3.63, 3.8) is 0 Å². The van der Waals surface area contributed by atoms with Gasteiger partial charge in [0.1, 0.15) is 0 Å². The maximum Gasteiger partial charge on any atom is 0.288 e. The van der Waals surface area contributed by atoms with Gasteiger partial charge in [0.2, 0.25) is 5.91 Å². The van der Waals surface area contributed by atoms with Crippen LogP contribution in [-0.4, -0.2) is 20.1 Å². The molecule has 0 radical (unpaired) electrons. The van der Waals surface area contributed by atoms with Gasteiger partial charge in [0.15, 0.2) is 0 Å². The van der Waals surface area contributed by atoms with E-state index < -0.39 is 15.8 Å². The molecule has 3 rings (SSSR count). The Morgan fingerprint density at radius 3 is 2.32 bits per heavy atom. The van der Waals surface area contributed by atoms with Crippen molar-refractivity contribution in [3.05, 3.63) is 48.0 Å². The average molecular weight is 427 g/mol. The highest BCUT2D eigenvalue weighted by Gasteiger charge is 2.39. The number of carbonyl (C=O) groups excluding carboxylic acids is 1. The zero-order valence-electron chi connectivity index (χ0n) is 15.3. The molecule has 0 saturated heterocycles. The first-order chi connectivity index (χ1) is 13.2. The van der Waals surface area contributed by atoms with Crippen molar-refractivity contribution in [2.24, 2.45) is 11.8 Å². The van der Waals surface area contributed by atoms with Crippen LogP contribution in [0.25, 0.3) is 0 Å². The fourth-order valence-electron chi connectivity index (χ4n) is 2.80. The van der Waals surface area contributed by atoms with E-state index in [9.17, 15) is 22.0 Å². The number of alkyl halides is 2. The number of carbonyl (C=O) groups is 1. The third-order valence-corrected chi connectivity index (χ3v) is 6.77. The smallest absolute Gasteiger partial charge is 0.288 e. The van der Waals surface area contributed by atoms with E-state index in [4.69, 9.17) is 0 Å². The Balaban J connectivity index is 1.77. The summed E-state index contributed by atoms with van der Waals surface area (Å²) in [4.78, 5) is 12.5. The van der Waals surface area contributed by atoms with Gasteiger partial charge >= 0.3 is 0 Å². The Kier molecular flexibility index (Phi) is 5.95. The molecule has 9 heteroatoms. The van der Waals surface area contributed by atoms with Gasteiger partial charge in [-0.05, 0) is 61.2 Å². The van der Waals surface area contributed by atoms with Gasteiger partial charge in [0.25, 0.3) is 15.8 Å². The van der Waals surface area contributed by atoms with Gasteiger partial charge in [-0.1, -0.05) is 24.8 Å². The predicted octanol–water partition coefficient (Wildman–Crippen LogP) is 4.71. The van der Waals surface area contributed by atoms with Crippen LogP contribution in [0.4, 0.5) is 20.2 Å². The van der Waals surface area contributed by atoms with Crippen LogP contribution in [0.3, 0.4) is 0 Å². The zero-order valence-corrected chi connectivity index (χ0v) is 16.9. The lowest BCUT2D eigenvalue weighted by Crippen LogP contribution is -2.17. The molecule has 1 amide bonds. The van der Waals surface area contributed by atoms with E-state index in [0.29, 0.717) is 33.8 Å². The second-order valence-corrected chi connectivity index (χ2v) is 9.51. The molecular weight excluding hydrogens is 406 g/mol. The topological polar surface area (TPSA) is 75.3 Å². The number of halogens is 2. The number of hydrogen-bond acceptors (Lipinski definition) is 4. The lowest BCUT2D eigenvalue weighted by atomic mass is 10.2. The highest BCUT2D eigenvalue weighted by Crippen LogP contribution is 2.38. The molecule has 0 aromatic heterocycles. The number of aryl methyl sites for hydroxylation is 1. The summed E-state index contributed by atoms with van der Waals surface area (Å²) >= 11 is 0.388. The van der Waals surface area contributed by atoms with Gasteiger partial charge in [-0.3, -0.25) is 9.52 Å². The monoisotopic (exact) mass is 426 g/mol. The van der Waals surface area contributed by atoms with Crippen molar-refractivity contribution in [2.45, 2.75) is 35.8 Å². The normalized spacial score (nSPS) is 18.8. The molecular formula is C19H20F2N2O3S2. The maximum absolute atomic E-state index is 12.8. The number of thioether (sulfide) groups is 1. The van der Waals surface area contributed by atoms with Crippen LogP contribution in [-0.2, 0) is 14.8 Å². The Morgan fingerprint density at radius 2 is 1.75 bits per heavy atom. The Hall–Kier alpha value is -2.13. The first-order valence-corrected chi connectivity index (χ1v) is 11.0. The SMILES string of the molecule is Cc1ccc(NC(=O)[C@@H]2C[C@@H]2C)cc1S(=O)(=O)Nc1ccc(SC(F)F)cc1. The maximum atomic E-state index is 12.8. The molecule has 2 atom stereocenters. The van der Waals surface area contributed by atoms with Crippen molar-refractivity contribution in [1.82, 2.24) is 0 Å². The second-order valence-electron chi connectivity index (χ2n) is 6.80. The highest BCUT2D eigenvalue weighted by molar-refractivity contribution is 7.99. The highest BCUT2D eigenvalue weighted by atomic mass is 32.2. The van der Waals surface area contributed by atoms with Crippen molar-refractivity contribution in [1.29, 1.82) is 0 Å². The number of anilines is 2. The number of benzene rings is 2. The zero-order chi connectivity index (χ0) is 20.5. The largest absolute Gasteiger partial charge is 0.326 e. The van der Waals surface area contributed by atoms with Gasteiger partial charge in [-0.25, -0.2) is 8.42 Å². The summed E-state index contributed by atoms with van der Waals surface area (Å²) in [7, 11) is -3.91. The van der Waals surface area contributed by atoms with Crippen LogP contribution >= 0.6 is 11.8 Å². The van der Waals surface area contributed by atoms with Crippen LogP contribution < -0.4 is 10.0 Å². The molecule has 1 fully saturated rings. The van der Waals surface area contributed by atoms with Crippen molar-refractivity contribution < 1.29 is 22.0 Å². The van der Waals surface area contributed by atoms with Crippen molar-refractivity contribution in [2.75, 3.05) is 10.0 Å². The number of rotatable bonds is 7. The van der Waals surface area contributed by atoms with Crippen LogP contribution in [0, 0.1) is 18.8 Å². The summed E-state index contributed by atoms with van der Waals surface area (Å²) < 4.78 is 52.8. The summed E-state index contributed by atoms with van der Waals surface area (Å²) in [6, 6.07) is 10.4. The first-order valence-electron chi connectivity index (χ1n) is 8.65. The molecule has 0 bridgehead atoms. The second kappa shape index (κ2) is 8.08. The molecule has 1 saturated carbocycles. The molecule has 0 spiro atoms. The van der Waals surface area contributed by atoms with Crippen LogP contribution in [0.15, 0.2) is 52.3 Å². The fourth-order valence-corrected chi connectivity index (χ4v) is 4.63. The van der Waals surface area contributed by atoms with E-state index in [1.807, 2.05) is 6.92 Å². The fraction of sp³-hybridized carbons (Fsp3) is 0.316. The summed E-state index contributed by atoms with van der Waals surface area (Å²) in [5, 5.41) is 2.76. The van der Waals surface area contributed by atoms with Crippen molar-refractivity contribution in [3.8, 4) is 0 Å². The molecule has 0 aliphatic heterocycles. The third-order valence-electron chi connectivity index (χ3n) is 4.52. The van der Waals surface area contributed by atoms with Gasteiger partial charge < -0.3 is 5.32 Å². The number of hydrogen-bond donors (Lipinski definition) is 2. The van der Waals surface area contributed by atoms with Gasteiger partial charge in [0.05, 0.1) is 4.90 Å². The van der Waals surface area contributed by atoms with Crippen LogP contribution in [0.1, 0.15) is 18.9 Å². The van der Waals surface area contributed by atoms with E-state index in [1.165, 1.54) is 30.3 Å². The van der Waals surface area contributed by atoms with E-state index >= 15 is 0 Å². The lowest BCUT2D eigenvalue weighted by molar-refractivity contribution is -0.117. The number of amides is 1. The quantitative estimate of drug-likeness (QED) is 0.629. The summed E-state index contributed by atoms with van der Waals surface area (Å²) in [5.41, 5.74) is 1.20. The number of nitrogens with one attached hydrogen (secondary N) is 2. The lowest BCUT2D eigenvalue weighted by Gasteiger charge is -2.13. The molecule has 2 aromatic rings. The standard InChI is InChI=1S/C19H20F2N2O3S2/c1-11-3-4-14(22-18(24)16-9-12(16)2)10-17(11)28(25,26)23-13-5-7-15(8-6-13)27-19(20)21/h3-8,10,12,16,19,23H,9H2,1-2H3,(H,22,24)/t12-,16+/m0/s1. The van der Waals surface area contributed by atoms with E-state index in [-0.39, 0.29) is 22.4 Å². The van der Waals surface area contributed by atoms with Crippen LogP contribution in [0.2, 0.25) is 0 Å². The minimum atomic E-state index is -3.91. The minimum Gasteiger partial charge on any atom is -0.326 e. The molecule has 1 aliphatic rings. The summed E-state index contributed by atoms with van der Waals surface area (Å²) in [6.07, 6.45) is 0.838. The van der Waals surface area contributed by atoms with Gasteiger partial charge in [0, 0.05) is 22.2 Å². The van der Waals surface area contributed by atoms with Crippen molar-refractivity contribution >= 4 is 39.1 Å².